The molecule has 1 saturated carbocycles. The van der Waals surface area contributed by atoms with E-state index in [9.17, 15) is 0 Å². The van der Waals surface area contributed by atoms with Gasteiger partial charge in [-0.05, 0) is 42.7 Å². The van der Waals surface area contributed by atoms with Gasteiger partial charge in [0.25, 0.3) is 0 Å². The van der Waals surface area contributed by atoms with Crippen LogP contribution in [0.4, 0.5) is 5.69 Å². The zero-order chi connectivity index (χ0) is 13.1. The Bertz CT molecular complexity index is 529. The highest BCUT2D eigenvalue weighted by atomic mass is 16.5. The summed E-state index contributed by atoms with van der Waals surface area (Å²) in [4.78, 5) is 0. The van der Waals surface area contributed by atoms with Crippen LogP contribution < -0.4 is 10.1 Å². The second-order valence-corrected chi connectivity index (χ2v) is 5.23. The van der Waals surface area contributed by atoms with Crippen LogP contribution in [0.25, 0.3) is 0 Å². The lowest BCUT2D eigenvalue weighted by Gasteiger charge is -2.17. The topological polar surface area (TPSA) is 21.3 Å². The van der Waals surface area contributed by atoms with Gasteiger partial charge in [0.2, 0.25) is 0 Å². The zero-order valence-electron chi connectivity index (χ0n) is 11.2. The molecule has 0 heterocycles. The fourth-order valence-electron chi connectivity index (χ4n) is 2.49. The van der Waals surface area contributed by atoms with Gasteiger partial charge < -0.3 is 10.1 Å². The highest BCUT2D eigenvalue weighted by molar-refractivity contribution is 5.48. The molecule has 0 spiro atoms. The minimum absolute atomic E-state index is 0.348. The summed E-state index contributed by atoms with van der Waals surface area (Å²) in [5.41, 5.74) is 2.96. The van der Waals surface area contributed by atoms with Crippen LogP contribution in [0.5, 0.6) is 5.75 Å². The third-order valence-corrected chi connectivity index (χ3v) is 3.96. The third kappa shape index (κ3) is 2.58. The van der Waals surface area contributed by atoms with Crippen LogP contribution in [-0.4, -0.2) is 13.7 Å². The number of rotatable bonds is 5. The SMILES string of the molecule is COc1ccc(NCC2(c3ccccc3)CC2)cc1. The Kier molecular flexibility index (Phi) is 3.16. The van der Waals surface area contributed by atoms with E-state index in [1.54, 1.807) is 7.11 Å². The average Bonchev–Trinajstić information content (AvgIpc) is 3.28. The Morgan fingerprint density at radius 1 is 1.00 bits per heavy atom. The summed E-state index contributed by atoms with van der Waals surface area (Å²) in [6, 6.07) is 18.9. The van der Waals surface area contributed by atoms with E-state index in [1.807, 2.05) is 12.1 Å². The van der Waals surface area contributed by atoms with E-state index in [2.05, 4.69) is 47.8 Å². The molecule has 98 valence electrons. The fraction of sp³-hybridized carbons (Fsp3) is 0.294. The van der Waals surface area contributed by atoms with Crippen molar-refractivity contribution in [2.75, 3.05) is 19.0 Å². The first kappa shape index (κ1) is 12.1. The number of benzene rings is 2. The monoisotopic (exact) mass is 253 g/mol. The van der Waals surface area contributed by atoms with Crippen LogP contribution in [0.15, 0.2) is 54.6 Å². The molecule has 0 atom stereocenters. The summed E-state index contributed by atoms with van der Waals surface area (Å²) < 4.78 is 5.17. The second kappa shape index (κ2) is 4.96. The minimum Gasteiger partial charge on any atom is -0.497 e. The first-order chi connectivity index (χ1) is 9.32. The molecule has 19 heavy (non-hydrogen) atoms. The Balaban J connectivity index is 1.66. The van der Waals surface area contributed by atoms with Crippen molar-refractivity contribution in [3.05, 3.63) is 60.2 Å². The fourth-order valence-corrected chi connectivity index (χ4v) is 2.49. The molecule has 1 aliphatic carbocycles. The van der Waals surface area contributed by atoms with Gasteiger partial charge in [0.05, 0.1) is 7.11 Å². The predicted molar refractivity (Wildman–Crippen MR) is 78.8 cm³/mol. The highest BCUT2D eigenvalue weighted by Gasteiger charge is 2.43. The molecule has 2 aromatic rings. The van der Waals surface area contributed by atoms with Crippen molar-refractivity contribution < 1.29 is 4.74 Å². The molecule has 1 aliphatic rings. The molecule has 2 aromatic carbocycles. The molecule has 2 heteroatoms. The van der Waals surface area contributed by atoms with Gasteiger partial charge in [-0.15, -0.1) is 0 Å². The number of nitrogens with one attached hydrogen (secondary N) is 1. The van der Waals surface area contributed by atoms with Crippen LogP contribution >= 0.6 is 0 Å². The van der Waals surface area contributed by atoms with Crippen molar-refractivity contribution in [2.24, 2.45) is 0 Å². The van der Waals surface area contributed by atoms with Crippen molar-refractivity contribution in [2.45, 2.75) is 18.3 Å². The molecule has 0 unspecified atom stereocenters. The molecular weight excluding hydrogens is 234 g/mol. The number of hydrogen-bond donors (Lipinski definition) is 1. The molecule has 0 amide bonds. The Labute approximate surface area is 114 Å². The lowest BCUT2D eigenvalue weighted by molar-refractivity contribution is 0.415. The summed E-state index contributed by atoms with van der Waals surface area (Å²) in [5.74, 6) is 0.898. The van der Waals surface area contributed by atoms with E-state index in [0.29, 0.717) is 5.41 Å². The van der Waals surface area contributed by atoms with E-state index in [1.165, 1.54) is 18.4 Å². The molecule has 0 aliphatic heterocycles. The van der Waals surface area contributed by atoms with Crippen LogP contribution in [0, 0.1) is 0 Å². The van der Waals surface area contributed by atoms with Gasteiger partial charge >= 0.3 is 0 Å². The van der Waals surface area contributed by atoms with Crippen LogP contribution in [-0.2, 0) is 5.41 Å². The van der Waals surface area contributed by atoms with E-state index < -0.39 is 0 Å². The minimum atomic E-state index is 0.348. The van der Waals surface area contributed by atoms with E-state index in [-0.39, 0.29) is 0 Å². The number of ether oxygens (including phenoxy) is 1. The molecule has 0 saturated heterocycles. The van der Waals surface area contributed by atoms with Gasteiger partial charge in [0.1, 0.15) is 5.75 Å². The quantitative estimate of drug-likeness (QED) is 0.874. The molecular formula is C17H19NO. The van der Waals surface area contributed by atoms with Crippen molar-refractivity contribution in [1.29, 1.82) is 0 Å². The maximum absolute atomic E-state index is 5.17. The molecule has 0 aromatic heterocycles. The molecule has 2 nitrogen and oxygen atoms in total. The number of hydrogen-bond acceptors (Lipinski definition) is 2. The van der Waals surface area contributed by atoms with Gasteiger partial charge in [-0.25, -0.2) is 0 Å². The first-order valence-electron chi connectivity index (χ1n) is 6.76. The summed E-state index contributed by atoms with van der Waals surface area (Å²) in [6.45, 7) is 1.00. The summed E-state index contributed by atoms with van der Waals surface area (Å²) in [5, 5.41) is 3.54. The van der Waals surface area contributed by atoms with Gasteiger partial charge in [0.15, 0.2) is 0 Å². The van der Waals surface area contributed by atoms with E-state index in [4.69, 9.17) is 4.74 Å². The predicted octanol–water partition coefficient (Wildman–Crippen LogP) is 3.84. The van der Waals surface area contributed by atoms with Gasteiger partial charge in [-0.2, -0.15) is 0 Å². The van der Waals surface area contributed by atoms with Gasteiger partial charge in [0, 0.05) is 17.6 Å². The Morgan fingerprint density at radius 2 is 1.68 bits per heavy atom. The van der Waals surface area contributed by atoms with Crippen LogP contribution in [0.1, 0.15) is 18.4 Å². The van der Waals surface area contributed by atoms with Gasteiger partial charge in [-0.1, -0.05) is 30.3 Å². The Morgan fingerprint density at radius 3 is 2.26 bits per heavy atom. The molecule has 0 bridgehead atoms. The van der Waals surface area contributed by atoms with Crippen molar-refractivity contribution in [1.82, 2.24) is 0 Å². The normalized spacial score (nSPS) is 15.8. The van der Waals surface area contributed by atoms with Crippen LogP contribution in [0.2, 0.25) is 0 Å². The van der Waals surface area contributed by atoms with Gasteiger partial charge in [-0.3, -0.25) is 0 Å². The van der Waals surface area contributed by atoms with Crippen molar-refractivity contribution in [3.8, 4) is 5.75 Å². The van der Waals surface area contributed by atoms with Crippen molar-refractivity contribution in [3.63, 3.8) is 0 Å². The zero-order valence-corrected chi connectivity index (χ0v) is 11.2. The molecule has 3 rings (SSSR count). The van der Waals surface area contributed by atoms with E-state index in [0.717, 1.165) is 18.0 Å². The summed E-state index contributed by atoms with van der Waals surface area (Å²) in [7, 11) is 1.69. The first-order valence-corrected chi connectivity index (χ1v) is 6.76. The largest absolute Gasteiger partial charge is 0.497 e. The second-order valence-electron chi connectivity index (χ2n) is 5.23. The average molecular weight is 253 g/mol. The third-order valence-electron chi connectivity index (χ3n) is 3.96. The molecule has 1 N–H and O–H groups in total. The number of methoxy groups -OCH3 is 1. The Hall–Kier alpha value is -1.96. The molecule has 1 fully saturated rings. The summed E-state index contributed by atoms with van der Waals surface area (Å²) in [6.07, 6.45) is 2.56. The standard InChI is InChI=1S/C17H19NO/c1-19-16-9-7-15(8-10-16)18-13-17(11-12-17)14-5-3-2-4-6-14/h2-10,18H,11-13H2,1H3. The highest BCUT2D eigenvalue weighted by Crippen LogP contribution is 2.48. The smallest absolute Gasteiger partial charge is 0.119 e. The lowest BCUT2D eigenvalue weighted by atomic mass is 9.96. The maximum Gasteiger partial charge on any atom is 0.119 e. The number of anilines is 1. The summed E-state index contributed by atoms with van der Waals surface area (Å²) >= 11 is 0. The maximum atomic E-state index is 5.17. The lowest BCUT2D eigenvalue weighted by Crippen LogP contribution is -2.19. The van der Waals surface area contributed by atoms with E-state index >= 15 is 0 Å². The van der Waals surface area contributed by atoms with Crippen LogP contribution in [0.3, 0.4) is 0 Å². The van der Waals surface area contributed by atoms with Crippen molar-refractivity contribution >= 4 is 5.69 Å². The molecule has 0 radical (unpaired) electrons.